The van der Waals surface area contributed by atoms with Crippen LogP contribution in [0.5, 0.6) is 11.5 Å². The molecule has 0 aromatic heterocycles. The minimum absolute atomic E-state index is 0.203. The van der Waals surface area contributed by atoms with Crippen LogP contribution in [-0.2, 0) is 15.1 Å². The van der Waals surface area contributed by atoms with Gasteiger partial charge in [0.1, 0.15) is 17.1 Å². The van der Waals surface area contributed by atoms with Gasteiger partial charge in [0.25, 0.3) is 0 Å². The Kier molecular flexibility index (Phi) is 11.0. The Hall–Kier alpha value is -4.07. The van der Waals surface area contributed by atoms with Crippen LogP contribution < -0.4 is 14.8 Å². The van der Waals surface area contributed by atoms with E-state index in [4.69, 9.17) is 18.9 Å². The number of alkyl carbamates (subject to hydrolysis) is 1. The van der Waals surface area contributed by atoms with Gasteiger partial charge in [-0.3, -0.25) is 0 Å². The van der Waals surface area contributed by atoms with Crippen molar-refractivity contribution in [3.63, 3.8) is 0 Å². The van der Waals surface area contributed by atoms with Crippen molar-refractivity contribution in [2.45, 2.75) is 31.0 Å². The number of benzene rings is 3. The van der Waals surface area contributed by atoms with E-state index < -0.39 is 17.8 Å². The highest BCUT2D eigenvalue weighted by Gasteiger charge is 2.38. The first-order chi connectivity index (χ1) is 20.0. The van der Waals surface area contributed by atoms with Crippen LogP contribution in [0.25, 0.3) is 0 Å². The molecule has 216 valence electrons. The number of rotatable bonds is 14. The van der Waals surface area contributed by atoms with Crippen LogP contribution in [0.15, 0.2) is 103 Å². The fourth-order valence-electron chi connectivity index (χ4n) is 4.90. The molecule has 1 aliphatic carbocycles. The fraction of sp³-hybridized carbons (Fsp3) is 0.324. The van der Waals surface area contributed by atoms with Crippen LogP contribution in [0, 0.1) is 5.92 Å². The first-order valence-corrected chi connectivity index (χ1v) is 14.0. The van der Waals surface area contributed by atoms with Crippen molar-refractivity contribution in [3.8, 4) is 11.5 Å². The minimum Gasteiger partial charge on any atom is -0.497 e. The van der Waals surface area contributed by atoms with E-state index in [1.165, 1.54) is 0 Å². The Bertz CT molecular complexity index is 1220. The van der Waals surface area contributed by atoms with Crippen LogP contribution in [-0.4, -0.2) is 51.3 Å². The first kappa shape index (κ1) is 29.9. The third kappa shape index (κ3) is 7.99. The van der Waals surface area contributed by atoms with E-state index in [1.54, 1.807) is 14.2 Å². The Morgan fingerprint density at radius 3 is 2.05 bits per heavy atom. The molecule has 2 N–H and O–H groups in total. The summed E-state index contributed by atoms with van der Waals surface area (Å²) < 4.78 is 22.9. The van der Waals surface area contributed by atoms with Crippen molar-refractivity contribution in [1.82, 2.24) is 5.32 Å². The van der Waals surface area contributed by atoms with Crippen molar-refractivity contribution in [3.05, 3.63) is 120 Å². The van der Waals surface area contributed by atoms with Crippen LogP contribution in [0.4, 0.5) is 4.79 Å². The van der Waals surface area contributed by atoms with Gasteiger partial charge in [0.2, 0.25) is 0 Å². The highest BCUT2D eigenvalue weighted by atomic mass is 16.5. The Labute approximate surface area is 242 Å². The maximum absolute atomic E-state index is 12.1. The summed E-state index contributed by atoms with van der Waals surface area (Å²) in [6.45, 7) is 0.919. The van der Waals surface area contributed by atoms with Gasteiger partial charge in [0.05, 0.1) is 33.5 Å². The zero-order valence-electron chi connectivity index (χ0n) is 23.7. The molecule has 0 bridgehead atoms. The first-order valence-electron chi connectivity index (χ1n) is 14.0. The molecule has 2 atom stereocenters. The molecular weight excluding hydrogens is 518 g/mol. The summed E-state index contributed by atoms with van der Waals surface area (Å²) in [5.41, 5.74) is 1.87. The predicted molar refractivity (Wildman–Crippen MR) is 159 cm³/mol. The van der Waals surface area contributed by atoms with E-state index in [9.17, 15) is 9.90 Å². The zero-order chi connectivity index (χ0) is 28.9. The maximum Gasteiger partial charge on any atom is 0.407 e. The highest BCUT2D eigenvalue weighted by molar-refractivity contribution is 5.67. The molecule has 0 saturated heterocycles. The number of nitrogens with one attached hydrogen (secondary N) is 1. The predicted octanol–water partition coefficient (Wildman–Crippen LogP) is 6.01. The second-order valence-corrected chi connectivity index (χ2v) is 9.92. The summed E-state index contributed by atoms with van der Waals surface area (Å²) in [5, 5.41) is 13.5. The maximum atomic E-state index is 12.1. The molecular formula is C34H39NO6. The third-order valence-electron chi connectivity index (χ3n) is 7.19. The lowest BCUT2D eigenvalue weighted by molar-refractivity contribution is -0.00623. The summed E-state index contributed by atoms with van der Waals surface area (Å²) in [6, 6.07) is 25.7. The van der Waals surface area contributed by atoms with E-state index in [1.807, 2.05) is 97.1 Å². The Morgan fingerprint density at radius 1 is 0.878 bits per heavy atom. The number of allylic oxidation sites excluding steroid dienone is 3. The molecule has 0 radical (unpaired) electrons. The van der Waals surface area contributed by atoms with Gasteiger partial charge in [-0.25, -0.2) is 4.79 Å². The number of carbonyl (C=O) groups excluding carboxylic acids is 1. The van der Waals surface area contributed by atoms with Crippen molar-refractivity contribution in [1.29, 1.82) is 0 Å². The van der Waals surface area contributed by atoms with E-state index in [0.29, 0.717) is 26.0 Å². The van der Waals surface area contributed by atoms with Gasteiger partial charge in [-0.2, -0.15) is 0 Å². The minimum atomic E-state index is -0.940. The molecule has 0 fully saturated rings. The van der Waals surface area contributed by atoms with E-state index in [2.05, 4.69) is 11.4 Å². The van der Waals surface area contributed by atoms with Crippen molar-refractivity contribution >= 4 is 6.09 Å². The molecule has 3 aromatic rings. The van der Waals surface area contributed by atoms with Crippen molar-refractivity contribution in [2.75, 3.05) is 34.0 Å². The summed E-state index contributed by atoms with van der Waals surface area (Å²) in [5.74, 6) is 1.70. The monoisotopic (exact) mass is 557 g/mol. The molecule has 4 rings (SSSR count). The Morgan fingerprint density at radius 2 is 1.49 bits per heavy atom. The molecule has 0 aliphatic heterocycles. The lowest BCUT2D eigenvalue weighted by atomic mass is 9.80. The zero-order valence-corrected chi connectivity index (χ0v) is 23.7. The number of methoxy groups -OCH3 is 2. The Balaban J connectivity index is 1.43. The van der Waals surface area contributed by atoms with Crippen molar-refractivity contribution in [2.24, 2.45) is 5.92 Å². The lowest BCUT2D eigenvalue weighted by Crippen LogP contribution is -2.34. The number of aliphatic hydroxyl groups is 1. The number of amides is 1. The van der Waals surface area contributed by atoms with Gasteiger partial charge in [0.15, 0.2) is 0 Å². The lowest BCUT2D eigenvalue weighted by Gasteiger charge is -2.36. The fourth-order valence-corrected chi connectivity index (χ4v) is 4.90. The SMILES string of the molecule is COc1ccc(C(OCC[C@H](O)CCNC(=O)OCC2C=CC=CC2)(c2ccccc2)c2ccc(OC)cc2)cc1. The standard InChI is InChI=1S/C34H39NO6/c1-38-31-17-13-28(14-18-31)34(27-11-7-4-8-12-27,29-15-19-32(39-2)20-16-29)41-24-22-30(36)21-23-35-33(37)40-25-26-9-5-3-6-10-26/h3-9,11-20,26,30,36H,10,21-25H2,1-2H3,(H,35,37)/t26?,30-/m1/s1. The van der Waals surface area contributed by atoms with E-state index in [-0.39, 0.29) is 12.5 Å². The molecule has 0 heterocycles. The van der Waals surface area contributed by atoms with Crippen LogP contribution in [0.2, 0.25) is 0 Å². The summed E-state index contributed by atoms with van der Waals surface area (Å²) in [6.07, 6.45) is 8.53. The quantitative estimate of drug-likeness (QED) is 0.236. The topological polar surface area (TPSA) is 86.2 Å². The number of hydrogen-bond acceptors (Lipinski definition) is 6. The molecule has 41 heavy (non-hydrogen) atoms. The van der Waals surface area contributed by atoms with Crippen LogP contribution in [0.1, 0.15) is 36.0 Å². The van der Waals surface area contributed by atoms with E-state index in [0.717, 1.165) is 34.6 Å². The van der Waals surface area contributed by atoms with Gasteiger partial charge in [-0.1, -0.05) is 78.9 Å². The van der Waals surface area contributed by atoms with E-state index >= 15 is 0 Å². The molecule has 7 nitrogen and oxygen atoms in total. The summed E-state index contributed by atoms with van der Waals surface area (Å²) >= 11 is 0. The average molecular weight is 558 g/mol. The van der Waals surface area contributed by atoms with Gasteiger partial charge in [-0.05, 0) is 60.2 Å². The normalized spacial score (nSPS) is 15.2. The molecule has 1 amide bonds. The smallest absolute Gasteiger partial charge is 0.407 e. The average Bonchev–Trinajstić information content (AvgIpc) is 3.03. The van der Waals surface area contributed by atoms with Gasteiger partial charge < -0.3 is 29.4 Å². The van der Waals surface area contributed by atoms with Gasteiger partial charge in [-0.15, -0.1) is 0 Å². The molecule has 0 saturated carbocycles. The number of aliphatic hydroxyl groups excluding tert-OH is 1. The molecule has 7 heteroatoms. The molecule has 1 unspecified atom stereocenters. The van der Waals surface area contributed by atoms with Gasteiger partial charge >= 0.3 is 6.09 Å². The molecule has 3 aromatic carbocycles. The highest BCUT2D eigenvalue weighted by Crippen LogP contribution is 2.41. The second kappa shape index (κ2) is 15.1. The summed E-state index contributed by atoms with van der Waals surface area (Å²) in [7, 11) is 3.28. The number of carbonyl (C=O) groups is 1. The van der Waals surface area contributed by atoms with Crippen LogP contribution >= 0.6 is 0 Å². The summed E-state index contributed by atoms with van der Waals surface area (Å²) in [4.78, 5) is 12.1. The van der Waals surface area contributed by atoms with Crippen molar-refractivity contribution < 1.29 is 28.8 Å². The van der Waals surface area contributed by atoms with Gasteiger partial charge in [0, 0.05) is 12.5 Å². The number of hydrogen-bond donors (Lipinski definition) is 2. The largest absolute Gasteiger partial charge is 0.497 e. The number of ether oxygens (including phenoxy) is 4. The van der Waals surface area contributed by atoms with Crippen LogP contribution in [0.3, 0.4) is 0 Å². The molecule has 0 spiro atoms. The second-order valence-electron chi connectivity index (χ2n) is 9.92. The molecule has 1 aliphatic rings. The third-order valence-corrected chi connectivity index (χ3v) is 7.19.